The normalized spacial score (nSPS) is 24.6. The van der Waals surface area contributed by atoms with Crippen LogP contribution in [-0.2, 0) is 6.42 Å². The number of rotatable bonds is 3. The number of aryl methyl sites for hydroxylation is 1. The second-order valence-corrected chi connectivity index (χ2v) is 5.61. The van der Waals surface area contributed by atoms with E-state index in [4.69, 9.17) is 10.8 Å². The van der Waals surface area contributed by atoms with E-state index in [1.165, 1.54) is 17.5 Å². The molecule has 0 spiro atoms. The van der Waals surface area contributed by atoms with E-state index in [0.717, 1.165) is 44.8 Å². The van der Waals surface area contributed by atoms with Crippen molar-refractivity contribution in [3.63, 3.8) is 0 Å². The highest BCUT2D eigenvalue weighted by Gasteiger charge is 2.29. The Kier molecular flexibility index (Phi) is 3.73. The summed E-state index contributed by atoms with van der Waals surface area (Å²) >= 11 is 0. The van der Waals surface area contributed by atoms with Gasteiger partial charge in [-0.3, -0.25) is 9.80 Å². The first kappa shape index (κ1) is 12.9. The molecule has 3 N–H and O–H groups in total. The van der Waals surface area contributed by atoms with E-state index in [0.29, 0.717) is 6.04 Å². The molecule has 3 rings (SSSR count). The summed E-state index contributed by atoms with van der Waals surface area (Å²) in [7, 11) is 0. The van der Waals surface area contributed by atoms with Crippen molar-refractivity contribution in [3.05, 3.63) is 29.3 Å². The molecule has 2 aliphatic rings. The zero-order valence-corrected chi connectivity index (χ0v) is 11.4. The van der Waals surface area contributed by atoms with Crippen LogP contribution in [0.3, 0.4) is 0 Å². The maximum Gasteiger partial charge on any atom is 0.0558 e. The second-order valence-electron chi connectivity index (χ2n) is 5.61. The van der Waals surface area contributed by atoms with Gasteiger partial charge in [0.25, 0.3) is 0 Å². The molecule has 1 unspecified atom stereocenters. The van der Waals surface area contributed by atoms with Crippen LogP contribution in [0.15, 0.2) is 18.2 Å². The van der Waals surface area contributed by atoms with Crippen molar-refractivity contribution in [1.29, 1.82) is 0 Å². The first-order valence-electron chi connectivity index (χ1n) is 7.23. The lowest BCUT2D eigenvalue weighted by Crippen LogP contribution is -2.47. The van der Waals surface area contributed by atoms with Crippen LogP contribution in [0.4, 0.5) is 5.69 Å². The van der Waals surface area contributed by atoms with Gasteiger partial charge in [-0.2, -0.15) is 0 Å². The Hall–Kier alpha value is -1.10. The van der Waals surface area contributed by atoms with Crippen LogP contribution in [0.25, 0.3) is 0 Å². The first-order chi connectivity index (χ1) is 9.28. The number of β-amino-alcohol motifs (C(OH)–C–C–N with tert-alkyl or cyclic N) is 1. The molecule has 1 fully saturated rings. The Balaban J connectivity index is 1.66. The molecule has 0 bridgehead atoms. The summed E-state index contributed by atoms with van der Waals surface area (Å²) < 4.78 is 0. The molecule has 0 amide bonds. The second kappa shape index (κ2) is 5.49. The summed E-state index contributed by atoms with van der Waals surface area (Å²) in [4.78, 5) is 4.94. The maximum atomic E-state index is 8.98. The minimum Gasteiger partial charge on any atom is -0.399 e. The summed E-state index contributed by atoms with van der Waals surface area (Å²) in [6, 6.07) is 6.95. The lowest BCUT2D eigenvalue weighted by atomic mass is 10.1. The number of anilines is 1. The Labute approximate surface area is 114 Å². The number of aliphatic hydroxyl groups excluding tert-OH is 1. The quantitative estimate of drug-likeness (QED) is 0.793. The molecule has 0 radical (unpaired) electrons. The van der Waals surface area contributed by atoms with Gasteiger partial charge in [0.1, 0.15) is 0 Å². The Morgan fingerprint density at radius 3 is 2.74 bits per heavy atom. The Morgan fingerprint density at radius 2 is 2.00 bits per heavy atom. The number of piperazine rings is 1. The lowest BCUT2D eigenvalue weighted by Gasteiger charge is -2.38. The minimum atomic E-state index is 0.269. The monoisotopic (exact) mass is 261 g/mol. The van der Waals surface area contributed by atoms with Crippen molar-refractivity contribution >= 4 is 5.69 Å². The van der Waals surface area contributed by atoms with Crippen molar-refractivity contribution in [1.82, 2.24) is 9.80 Å². The summed E-state index contributed by atoms with van der Waals surface area (Å²) in [6.45, 7) is 5.43. The van der Waals surface area contributed by atoms with Gasteiger partial charge >= 0.3 is 0 Å². The molecular formula is C15H23N3O. The molecule has 0 saturated carbocycles. The fourth-order valence-electron chi connectivity index (χ4n) is 3.43. The van der Waals surface area contributed by atoms with E-state index < -0.39 is 0 Å². The van der Waals surface area contributed by atoms with Gasteiger partial charge in [0.2, 0.25) is 0 Å². The van der Waals surface area contributed by atoms with Crippen LogP contribution in [-0.4, -0.2) is 54.2 Å². The molecule has 4 heteroatoms. The van der Waals surface area contributed by atoms with Gasteiger partial charge in [0.15, 0.2) is 0 Å². The molecule has 1 heterocycles. The molecular weight excluding hydrogens is 238 g/mol. The smallest absolute Gasteiger partial charge is 0.0558 e. The van der Waals surface area contributed by atoms with Crippen LogP contribution in [0.5, 0.6) is 0 Å². The van der Waals surface area contributed by atoms with Crippen molar-refractivity contribution in [2.75, 3.05) is 45.1 Å². The van der Waals surface area contributed by atoms with Crippen LogP contribution < -0.4 is 5.73 Å². The molecule has 1 atom stereocenters. The van der Waals surface area contributed by atoms with Crippen molar-refractivity contribution in [2.24, 2.45) is 0 Å². The van der Waals surface area contributed by atoms with E-state index in [1.54, 1.807) is 0 Å². The number of hydrogen-bond donors (Lipinski definition) is 2. The predicted molar refractivity (Wildman–Crippen MR) is 77.0 cm³/mol. The standard InChI is InChI=1S/C15H23N3O/c16-13-2-3-14-12(11-13)1-4-15(14)18-7-5-17(6-8-18)9-10-19/h2-3,11,15,19H,1,4-10,16H2. The van der Waals surface area contributed by atoms with Crippen LogP contribution in [0.2, 0.25) is 0 Å². The van der Waals surface area contributed by atoms with Crippen molar-refractivity contribution in [3.8, 4) is 0 Å². The summed E-state index contributed by atoms with van der Waals surface area (Å²) in [5.74, 6) is 0. The highest BCUT2D eigenvalue weighted by atomic mass is 16.3. The topological polar surface area (TPSA) is 52.7 Å². The molecule has 19 heavy (non-hydrogen) atoms. The highest BCUT2D eigenvalue weighted by molar-refractivity contribution is 5.47. The van der Waals surface area contributed by atoms with E-state index in [9.17, 15) is 0 Å². The average Bonchev–Trinajstić information content (AvgIpc) is 2.83. The fourth-order valence-corrected chi connectivity index (χ4v) is 3.43. The maximum absolute atomic E-state index is 8.98. The molecule has 4 nitrogen and oxygen atoms in total. The summed E-state index contributed by atoms with van der Waals surface area (Å²) in [5, 5.41) is 8.98. The van der Waals surface area contributed by atoms with Gasteiger partial charge in [-0.15, -0.1) is 0 Å². The zero-order valence-electron chi connectivity index (χ0n) is 11.4. The van der Waals surface area contributed by atoms with E-state index in [-0.39, 0.29) is 6.61 Å². The third-order valence-corrected chi connectivity index (χ3v) is 4.48. The van der Waals surface area contributed by atoms with Crippen LogP contribution >= 0.6 is 0 Å². The third kappa shape index (κ3) is 2.61. The van der Waals surface area contributed by atoms with Gasteiger partial charge < -0.3 is 10.8 Å². The third-order valence-electron chi connectivity index (χ3n) is 4.48. The van der Waals surface area contributed by atoms with E-state index in [1.807, 2.05) is 6.07 Å². The molecule has 104 valence electrons. The van der Waals surface area contributed by atoms with Gasteiger partial charge in [-0.1, -0.05) is 6.07 Å². The van der Waals surface area contributed by atoms with Gasteiger partial charge in [-0.25, -0.2) is 0 Å². The number of aliphatic hydroxyl groups is 1. The Bertz CT molecular complexity index is 441. The van der Waals surface area contributed by atoms with Crippen LogP contribution in [0, 0.1) is 0 Å². The first-order valence-corrected chi connectivity index (χ1v) is 7.23. The lowest BCUT2D eigenvalue weighted by molar-refractivity contribution is 0.0837. The van der Waals surface area contributed by atoms with Gasteiger partial charge in [0.05, 0.1) is 6.61 Å². The molecule has 1 aromatic carbocycles. The predicted octanol–water partition coefficient (Wildman–Crippen LogP) is 0.866. The number of benzene rings is 1. The fraction of sp³-hybridized carbons (Fsp3) is 0.600. The molecule has 0 aromatic heterocycles. The highest BCUT2D eigenvalue weighted by Crippen LogP contribution is 2.36. The van der Waals surface area contributed by atoms with Crippen LogP contribution in [0.1, 0.15) is 23.6 Å². The number of nitrogen functional groups attached to an aromatic ring is 1. The van der Waals surface area contributed by atoms with Gasteiger partial charge in [0, 0.05) is 44.5 Å². The molecule has 1 aromatic rings. The van der Waals surface area contributed by atoms with Crippen molar-refractivity contribution in [2.45, 2.75) is 18.9 Å². The zero-order chi connectivity index (χ0) is 13.2. The minimum absolute atomic E-state index is 0.269. The average molecular weight is 261 g/mol. The molecule has 1 saturated heterocycles. The summed E-state index contributed by atoms with van der Waals surface area (Å²) in [5.41, 5.74) is 9.65. The number of hydrogen-bond acceptors (Lipinski definition) is 4. The van der Waals surface area contributed by atoms with E-state index in [2.05, 4.69) is 21.9 Å². The summed E-state index contributed by atoms with van der Waals surface area (Å²) in [6.07, 6.45) is 2.38. The van der Waals surface area contributed by atoms with Crippen molar-refractivity contribution < 1.29 is 5.11 Å². The number of nitrogens with zero attached hydrogens (tertiary/aromatic N) is 2. The molecule has 1 aliphatic heterocycles. The largest absolute Gasteiger partial charge is 0.399 e. The molecule has 1 aliphatic carbocycles. The SMILES string of the molecule is Nc1ccc2c(c1)CCC2N1CCN(CCO)CC1. The Morgan fingerprint density at radius 1 is 1.21 bits per heavy atom. The van der Waals surface area contributed by atoms with Gasteiger partial charge in [-0.05, 0) is 36.1 Å². The number of fused-ring (bicyclic) bond motifs is 1. The number of nitrogens with two attached hydrogens (primary N) is 1. The van der Waals surface area contributed by atoms with E-state index >= 15 is 0 Å².